The van der Waals surface area contributed by atoms with Gasteiger partial charge < -0.3 is 4.74 Å². The van der Waals surface area contributed by atoms with Crippen molar-refractivity contribution in [3.05, 3.63) is 20.1 Å². The van der Waals surface area contributed by atoms with Crippen molar-refractivity contribution in [3.63, 3.8) is 0 Å². The minimum atomic E-state index is -1.81. The van der Waals surface area contributed by atoms with Crippen LogP contribution < -0.4 is 0 Å². The lowest BCUT2D eigenvalue weighted by molar-refractivity contribution is 0.0144. The van der Waals surface area contributed by atoms with Crippen molar-refractivity contribution in [3.8, 4) is 0 Å². The number of fused-ring (bicyclic) bond motifs is 11. The highest BCUT2D eigenvalue weighted by atomic mass is 35.5. The number of halogens is 12. The van der Waals surface area contributed by atoms with Crippen molar-refractivity contribution in [2.24, 2.45) is 11.8 Å². The summed E-state index contributed by atoms with van der Waals surface area (Å²) < 4.78 is 2.57. The monoisotopic (exact) mass is 608 g/mol. The molecule has 0 unspecified atom stereocenters. The van der Waals surface area contributed by atoms with Crippen molar-refractivity contribution in [1.29, 1.82) is 0 Å². The van der Waals surface area contributed by atoms with Gasteiger partial charge in [0.05, 0.1) is 32.3 Å². The van der Waals surface area contributed by atoms with Gasteiger partial charge in [0.1, 0.15) is 19.5 Å². The van der Waals surface area contributed by atoms with Crippen LogP contribution in [0.15, 0.2) is 20.1 Å². The van der Waals surface area contributed by atoms with Gasteiger partial charge in [-0.15, -0.1) is 46.4 Å². The first-order valence-electron chi connectivity index (χ1n) is 7.39. The Labute approximate surface area is 214 Å². The summed E-state index contributed by atoms with van der Waals surface area (Å²) >= 11 is 79.6. The summed E-state index contributed by atoms with van der Waals surface area (Å²) in [6, 6.07) is 0. The Morgan fingerprint density at radius 1 is 0.481 bits per heavy atom. The average molecular weight is 614 g/mol. The second-order valence-corrected chi connectivity index (χ2v) is 13.8. The third kappa shape index (κ3) is 1.70. The lowest BCUT2D eigenvalue weighted by Crippen LogP contribution is -2.51. The molecule has 0 aromatic heterocycles. The van der Waals surface area contributed by atoms with Gasteiger partial charge in [-0.25, -0.2) is 0 Å². The molecule has 1 saturated heterocycles. The van der Waals surface area contributed by atoms with Crippen LogP contribution in [0.2, 0.25) is 0 Å². The zero-order chi connectivity index (χ0) is 20.3. The summed E-state index contributed by atoms with van der Waals surface area (Å²) in [5, 5.41) is 0.00695. The van der Waals surface area contributed by atoms with Gasteiger partial charge in [-0.3, -0.25) is 0 Å². The van der Waals surface area contributed by atoms with E-state index in [-0.39, 0.29) is 20.1 Å². The Balaban J connectivity index is 1.80. The zero-order valence-electron chi connectivity index (χ0n) is 12.3. The van der Waals surface area contributed by atoms with Gasteiger partial charge in [0.15, 0.2) is 8.67 Å². The van der Waals surface area contributed by atoms with Gasteiger partial charge in [-0.2, -0.15) is 0 Å². The minimum absolute atomic E-state index is 0.000174. The van der Waals surface area contributed by atoms with E-state index in [2.05, 4.69) is 0 Å². The summed E-state index contributed by atoms with van der Waals surface area (Å²) in [7, 11) is 0. The van der Waals surface area contributed by atoms with E-state index in [4.69, 9.17) is 144 Å². The van der Waals surface area contributed by atoms with E-state index in [0.29, 0.717) is 0 Å². The minimum Gasteiger partial charge on any atom is -0.370 e. The first kappa shape index (κ1) is 21.7. The van der Waals surface area contributed by atoms with E-state index >= 15 is 0 Å². The molecule has 2 saturated carbocycles. The molecule has 4 bridgehead atoms. The fourth-order valence-corrected chi connectivity index (χ4v) is 11.2. The number of hydrogen-bond acceptors (Lipinski definition) is 1. The Hall–Kier alpha value is 2.92. The van der Waals surface area contributed by atoms with E-state index < -0.39 is 52.2 Å². The highest BCUT2D eigenvalue weighted by Crippen LogP contribution is 2.85. The molecule has 5 aliphatic rings. The molecule has 5 rings (SSSR count). The van der Waals surface area contributed by atoms with Gasteiger partial charge in [0, 0.05) is 11.8 Å². The molecule has 0 radical (unpaired) electrons. The Morgan fingerprint density at radius 3 is 1.04 bits per heavy atom. The first-order valence-corrected chi connectivity index (χ1v) is 11.9. The molecule has 0 spiro atoms. The maximum atomic E-state index is 6.93. The molecule has 1 heterocycles. The molecular formula is C14H4Cl12O. The smallest absolute Gasteiger partial charge is 0.169 e. The Bertz CT molecular complexity index is 811. The number of hydrogen-bond donors (Lipinski definition) is 0. The third-order valence-electron chi connectivity index (χ3n) is 6.53. The zero-order valence-corrected chi connectivity index (χ0v) is 21.3. The largest absolute Gasteiger partial charge is 0.370 e. The molecule has 0 amide bonds. The molecule has 8 atom stereocenters. The maximum absolute atomic E-state index is 6.93. The molecule has 13 heteroatoms. The number of allylic oxidation sites excluding steroid dienone is 2. The molecule has 1 aliphatic heterocycles. The summed E-state index contributed by atoms with van der Waals surface area (Å²) in [5.74, 6) is -1.50. The SMILES string of the molecule is ClC1=C(Cl)[C@@]2(Cl)[C@H]3O[C@H]4[C@@H]([C@@H]3[C@@]1(Cl)C2(Cl)Cl)[C@@]1(Cl)C(Cl)=C(Cl)[C@@]4(Cl)C1(Cl)Cl. The van der Waals surface area contributed by atoms with Gasteiger partial charge in [0.25, 0.3) is 0 Å². The van der Waals surface area contributed by atoms with Crippen molar-refractivity contribution in [2.75, 3.05) is 0 Å². The van der Waals surface area contributed by atoms with E-state index in [1.807, 2.05) is 0 Å². The van der Waals surface area contributed by atoms with Crippen LogP contribution >= 0.6 is 139 Å². The van der Waals surface area contributed by atoms with Crippen LogP contribution in [-0.2, 0) is 4.74 Å². The van der Waals surface area contributed by atoms with E-state index in [0.717, 1.165) is 0 Å². The highest BCUT2D eigenvalue weighted by Gasteiger charge is 2.94. The molecular weight excluding hydrogens is 610 g/mol. The molecule has 0 aromatic rings. The van der Waals surface area contributed by atoms with E-state index in [1.165, 1.54) is 0 Å². The molecule has 1 nitrogen and oxygen atoms in total. The molecule has 0 aromatic carbocycles. The van der Waals surface area contributed by atoms with E-state index in [1.54, 1.807) is 0 Å². The quantitative estimate of drug-likeness (QED) is 0.255. The number of rotatable bonds is 0. The molecule has 150 valence electrons. The fraction of sp³-hybridized carbons (Fsp3) is 0.714. The maximum Gasteiger partial charge on any atom is 0.169 e. The second kappa shape index (κ2) is 5.52. The fourth-order valence-electron chi connectivity index (χ4n) is 5.34. The summed E-state index contributed by atoms with van der Waals surface area (Å²) in [4.78, 5) is -6.53. The van der Waals surface area contributed by atoms with Crippen LogP contribution in [0.1, 0.15) is 0 Å². The summed E-state index contributed by atoms with van der Waals surface area (Å²) in [5.41, 5.74) is 0. The van der Waals surface area contributed by atoms with E-state index in [9.17, 15) is 0 Å². The highest BCUT2D eigenvalue weighted by molar-refractivity contribution is 6.67. The lowest BCUT2D eigenvalue weighted by Gasteiger charge is -2.41. The van der Waals surface area contributed by atoms with Crippen LogP contribution in [0.3, 0.4) is 0 Å². The van der Waals surface area contributed by atoms with Crippen molar-refractivity contribution in [1.82, 2.24) is 0 Å². The summed E-state index contributed by atoms with van der Waals surface area (Å²) in [6.07, 6.45) is -1.77. The third-order valence-corrected chi connectivity index (χ3v) is 15.0. The molecule has 0 N–H and O–H groups in total. The van der Waals surface area contributed by atoms with Gasteiger partial charge in [-0.1, -0.05) is 92.8 Å². The van der Waals surface area contributed by atoms with Crippen molar-refractivity contribution in [2.45, 2.75) is 40.4 Å². The average Bonchev–Trinajstić information content (AvgIpc) is 3.16. The normalized spacial score (nSPS) is 59.1. The van der Waals surface area contributed by atoms with Crippen LogP contribution in [0.5, 0.6) is 0 Å². The topological polar surface area (TPSA) is 9.23 Å². The molecule has 4 aliphatic carbocycles. The van der Waals surface area contributed by atoms with Gasteiger partial charge in [0.2, 0.25) is 0 Å². The van der Waals surface area contributed by atoms with Gasteiger partial charge >= 0.3 is 0 Å². The molecule has 27 heavy (non-hydrogen) atoms. The molecule has 3 fully saturated rings. The standard InChI is InChI=1S/C14H4Cl12O/c15-3-5(17)11(21)7-1(9(3,19)13(11,23)24)2-8(27-7)12(22)6(18)4(16)10(2,20)14(12,25)26/h1-2,7-8H/t1-,2+,7-,8-,9-,10+,11+,12-/m0/s1. The predicted octanol–water partition coefficient (Wildman–Crippen LogP) is 7.68. The van der Waals surface area contributed by atoms with Crippen molar-refractivity contribution >= 4 is 139 Å². The predicted molar refractivity (Wildman–Crippen MR) is 116 cm³/mol. The number of ether oxygens (including phenoxy) is 1. The Kier molecular flexibility index (Phi) is 4.44. The van der Waals surface area contributed by atoms with Crippen molar-refractivity contribution < 1.29 is 4.74 Å². The lowest BCUT2D eigenvalue weighted by atomic mass is 9.74. The summed E-state index contributed by atoms with van der Waals surface area (Å²) in [6.45, 7) is 0. The first-order chi connectivity index (χ1) is 12.1. The van der Waals surface area contributed by atoms with Crippen LogP contribution in [0.25, 0.3) is 0 Å². The van der Waals surface area contributed by atoms with Gasteiger partial charge in [-0.05, 0) is 0 Å². The second-order valence-electron chi connectivity index (χ2n) is 7.28. The van der Waals surface area contributed by atoms with Crippen LogP contribution in [0.4, 0.5) is 0 Å². The van der Waals surface area contributed by atoms with Crippen LogP contribution in [0, 0.1) is 11.8 Å². The number of alkyl halides is 8. The Morgan fingerprint density at radius 2 is 0.741 bits per heavy atom. The van der Waals surface area contributed by atoms with Crippen LogP contribution in [-0.4, -0.2) is 40.4 Å².